The molecular weight excluding hydrogens is 160 g/mol. The molecule has 1 rings (SSSR count). The van der Waals surface area contributed by atoms with Crippen molar-refractivity contribution in [1.82, 2.24) is 0 Å². The second-order valence-corrected chi connectivity index (χ2v) is 3.28. The number of ketones is 1. The van der Waals surface area contributed by atoms with E-state index in [1.807, 2.05) is 44.2 Å². The maximum absolute atomic E-state index is 11.3. The van der Waals surface area contributed by atoms with Gasteiger partial charge in [0.1, 0.15) is 5.78 Å². The molecule has 72 valence electrons. The van der Waals surface area contributed by atoms with Gasteiger partial charge in [-0.25, -0.2) is 0 Å². The van der Waals surface area contributed by atoms with Crippen molar-refractivity contribution in [3.8, 4) is 0 Å². The zero-order valence-electron chi connectivity index (χ0n) is 7.58. The Balaban J connectivity index is 0.00000144. The fraction of sp³-hybridized carbons (Fsp3) is 0.417. The fourth-order valence-electron chi connectivity index (χ4n) is 1.00. The highest BCUT2D eigenvalue weighted by Gasteiger charge is 2.06. The first-order chi connectivity index (χ1) is 5.70. The van der Waals surface area contributed by atoms with E-state index < -0.39 is 0 Å². The Bertz CT molecular complexity index is 249. The molecule has 0 N–H and O–H groups in total. The second kappa shape index (κ2) is 5.52. The summed E-state index contributed by atoms with van der Waals surface area (Å²) in [7, 11) is 0. The lowest BCUT2D eigenvalue weighted by Crippen LogP contribution is -2.09. The molecule has 0 fully saturated rings. The largest absolute Gasteiger partial charge is 0.299 e. The molecule has 0 aliphatic heterocycles. The van der Waals surface area contributed by atoms with Crippen LogP contribution in [0.25, 0.3) is 0 Å². The quantitative estimate of drug-likeness (QED) is 0.695. The molecule has 0 saturated heterocycles. The SMILES string of the molecule is C.CC(C)C(=O)Cc1ccccc1. The van der Waals surface area contributed by atoms with Crippen LogP contribution >= 0.6 is 0 Å². The number of benzene rings is 1. The van der Waals surface area contributed by atoms with Crippen LogP contribution in [-0.2, 0) is 11.2 Å². The summed E-state index contributed by atoms with van der Waals surface area (Å²) >= 11 is 0. The van der Waals surface area contributed by atoms with Crippen LogP contribution < -0.4 is 0 Å². The lowest BCUT2D eigenvalue weighted by Gasteiger charge is -2.02. The summed E-state index contributed by atoms with van der Waals surface area (Å²) in [6.45, 7) is 3.87. The van der Waals surface area contributed by atoms with E-state index in [0.29, 0.717) is 12.2 Å². The zero-order chi connectivity index (χ0) is 8.97. The van der Waals surface area contributed by atoms with Crippen molar-refractivity contribution >= 4 is 5.78 Å². The molecule has 0 aliphatic carbocycles. The molecule has 0 atom stereocenters. The maximum atomic E-state index is 11.3. The van der Waals surface area contributed by atoms with Crippen LogP contribution in [0.1, 0.15) is 26.8 Å². The van der Waals surface area contributed by atoms with Gasteiger partial charge in [-0.15, -0.1) is 0 Å². The van der Waals surface area contributed by atoms with Crippen LogP contribution in [0.3, 0.4) is 0 Å². The highest BCUT2D eigenvalue weighted by atomic mass is 16.1. The summed E-state index contributed by atoms with van der Waals surface area (Å²) in [5.74, 6) is 0.450. The van der Waals surface area contributed by atoms with E-state index in [4.69, 9.17) is 0 Å². The lowest BCUT2D eigenvalue weighted by atomic mass is 10.0. The number of carbonyl (C=O) groups is 1. The van der Waals surface area contributed by atoms with E-state index in [0.717, 1.165) is 5.56 Å². The Labute approximate surface area is 80.8 Å². The third-order valence-corrected chi connectivity index (χ3v) is 1.87. The molecule has 0 bridgehead atoms. The number of rotatable bonds is 3. The third-order valence-electron chi connectivity index (χ3n) is 1.87. The normalized spacial score (nSPS) is 9.46. The molecule has 0 saturated carbocycles. The van der Waals surface area contributed by atoms with Gasteiger partial charge in [-0.05, 0) is 5.56 Å². The molecule has 13 heavy (non-hydrogen) atoms. The molecule has 0 aromatic heterocycles. The first-order valence-corrected chi connectivity index (χ1v) is 4.27. The topological polar surface area (TPSA) is 17.1 Å². The first-order valence-electron chi connectivity index (χ1n) is 4.27. The van der Waals surface area contributed by atoms with Gasteiger partial charge in [-0.1, -0.05) is 51.6 Å². The van der Waals surface area contributed by atoms with Gasteiger partial charge in [-0.3, -0.25) is 4.79 Å². The minimum atomic E-state index is 0. The lowest BCUT2D eigenvalue weighted by molar-refractivity contribution is -0.121. The molecule has 1 aromatic carbocycles. The summed E-state index contributed by atoms with van der Waals surface area (Å²) in [6.07, 6.45) is 0.568. The van der Waals surface area contributed by atoms with Crippen molar-refractivity contribution in [3.63, 3.8) is 0 Å². The van der Waals surface area contributed by atoms with E-state index in [9.17, 15) is 4.79 Å². The van der Waals surface area contributed by atoms with Gasteiger partial charge in [-0.2, -0.15) is 0 Å². The van der Waals surface area contributed by atoms with Crippen LogP contribution in [0.5, 0.6) is 0 Å². The predicted octanol–water partition coefficient (Wildman–Crippen LogP) is 3.09. The van der Waals surface area contributed by atoms with E-state index >= 15 is 0 Å². The van der Waals surface area contributed by atoms with Gasteiger partial charge >= 0.3 is 0 Å². The molecule has 1 heteroatoms. The van der Waals surface area contributed by atoms with Crippen molar-refractivity contribution in [2.24, 2.45) is 5.92 Å². The Hall–Kier alpha value is -1.11. The molecule has 0 unspecified atom stereocenters. The summed E-state index contributed by atoms with van der Waals surface area (Å²) in [5.41, 5.74) is 1.11. The van der Waals surface area contributed by atoms with Crippen LogP contribution in [0.15, 0.2) is 30.3 Å². The van der Waals surface area contributed by atoms with Gasteiger partial charge in [0, 0.05) is 12.3 Å². The number of hydrogen-bond donors (Lipinski definition) is 0. The van der Waals surface area contributed by atoms with Crippen molar-refractivity contribution in [2.45, 2.75) is 27.7 Å². The number of hydrogen-bond acceptors (Lipinski definition) is 1. The van der Waals surface area contributed by atoms with Gasteiger partial charge in [0.05, 0.1) is 0 Å². The Morgan fingerprint density at radius 3 is 2.23 bits per heavy atom. The highest BCUT2D eigenvalue weighted by molar-refractivity contribution is 5.82. The minimum absolute atomic E-state index is 0. The molecule has 0 aliphatic rings. The molecular formula is C12H18O. The van der Waals surface area contributed by atoms with Crippen molar-refractivity contribution in [2.75, 3.05) is 0 Å². The van der Waals surface area contributed by atoms with Gasteiger partial charge < -0.3 is 0 Å². The van der Waals surface area contributed by atoms with Crippen LogP contribution in [0.4, 0.5) is 0 Å². The minimum Gasteiger partial charge on any atom is -0.299 e. The van der Waals surface area contributed by atoms with E-state index in [-0.39, 0.29) is 13.3 Å². The Kier molecular flexibility index (Phi) is 5.05. The van der Waals surface area contributed by atoms with Crippen molar-refractivity contribution in [1.29, 1.82) is 0 Å². The fourth-order valence-corrected chi connectivity index (χ4v) is 1.00. The summed E-state index contributed by atoms with van der Waals surface area (Å²) < 4.78 is 0. The molecule has 0 spiro atoms. The molecule has 0 amide bonds. The van der Waals surface area contributed by atoms with Gasteiger partial charge in [0.2, 0.25) is 0 Å². The zero-order valence-corrected chi connectivity index (χ0v) is 7.58. The van der Waals surface area contributed by atoms with Crippen LogP contribution in [-0.4, -0.2) is 5.78 Å². The first kappa shape index (κ1) is 11.9. The van der Waals surface area contributed by atoms with E-state index in [1.54, 1.807) is 0 Å². The Morgan fingerprint density at radius 1 is 1.23 bits per heavy atom. The molecule has 1 nitrogen and oxygen atoms in total. The van der Waals surface area contributed by atoms with Crippen LogP contribution in [0.2, 0.25) is 0 Å². The van der Waals surface area contributed by atoms with Crippen molar-refractivity contribution in [3.05, 3.63) is 35.9 Å². The average Bonchev–Trinajstić information content (AvgIpc) is 2.06. The standard InChI is InChI=1S/C11H14O.CH4/c1-9(2)11(12)8-10-6-4-3-5-7-10;/h3-7,9H,8H2,1-2H3;1H4. The maximum Gasteiger partial charge on any atom is 0.139 e. The van der Waals surface area contributed by atoms with Gasteiger partial charge in [0.25, 0.3) is 0 Å². The summed E-state index contributed by atoms with van der Waals surface area (Å²) in [4.78, 5) is 11.3. The third kappa shape index (κ3) is 3.88. The van der Waals surface area contributed by atoms with E-state index in [2.05, 4.69) is 0 Å². The summed E-state index contributed by atoms with van der Waals surface area (Å²) in [5, 5.41) is 0. The average molecular weight is 178 g/mol. The smallest absolute Gasteiger partial charge is 0.139 e. The molecule has 0 heterocycles. The predicted molar refractivity (Wildman–Crippen MR) is 56.7 cm³/mol. The second-order valence-electron chi connectivity index (χ2n) is 3.28. The number of carbonyl (C=O) groups excluding carboxylic acids is 1. The monoisotopic (exact) mass is 178 g/mol. The van der Waals surface area contributed by atoms with Crippen LogP contribution in [0, 0.1) is 5.92 Å². The summed E-state index contributed by atoms with van der Waals surface area (Å²) in [6, 6.07) is 9.86. The van der Waals surface area contributed by atoms with E-state index in [1.165, 1.54) is 0 Å². The van der Waals surface area contributed by atoms with Gasteiger partial charge in [0.15, 0.2) is 0 Å². The van der Waals surface area contributed by atoms with Crippen molar-refractivity contribution < 1.29 is 4.79 Å². The molecule has 1 aromatic rings. The Morgan fingerprint density at radius 2 is 1.77 bits per heavy atom. The molecule has 0 radical (unpaired) electrons. The number of Topliss-reactive ketones (excluding diaryl/α,β-unsaturated/α-hetero) is 1. The highest BCUT2D eigenvalue weighted by Crippen LogP contribution is 2.04.